The molecule has 1 aliphatic heterocycles. The first-order chi connectivity index (χ1) is 16.8. The number of aromatic amines is 1. The average molecular weight is 613 g/mol. The summed E-state index contributed by atoms with van der Waals surface area (Å²) in [5.74, 6) is 8.80. The third-order valence-electron chi connectivity index (χ3n) is 7.25. The summed E-state index contributed by atoms with van der Waals surface area (Å²) in [6.07, 6.45) is -1.60. The Hall–Kier alpha value is -1.61. The molecule has 0 radical (unpaired) electrons. The molecule has 3 aliphatic rings. The van der Waals surface area contributed by atoms with Crippen LogP contribution in [-0.2, 0) is 9.53 Å². The van der Waals surface area contributed by atoms with Gasteiger partial charge in [-0.1, -0.05) is 0 Å². The molecule has 8 atom stereocenters. The largest absolute Gasteiger partial charge is 0.491 e. The standard InChI is InChI=1S/C25H27Br2NO7/c1-11(29)23-21(31)20(30)22(32)25(35-23)34-17-9-28-16-8-15(26)24(19(27)18(16)17)33-10-14-12-6-4-2-3-5-7-13(12)14/h8-9,12-14,20-23,25,28,30-32H,4-7,10H2,1H3/t12-,13+,14?,20-,21-,22+,23+,25+/m0/s1. The zero-order valence-electron chi connectivity index (χ0n) is 19.0. The van der Waals surface area contributed by atoms with Crippen molar-refractivity contribution >= 4 is 48.5 Å². The van der Waals surface area contributed by atoms with Gasteiger partial charge in [-0.2, -0.15) is 0 Å². The van der Waals surface area contributed by atoms with Crippen molar-refractivity contribution in [3.63, 3.8) is 0 Å². The highest BCUT2D eigenvalue weighted by molar-refractivity contribution is 9.11. The molecule has 1 saturated carbocycles. The maximum Gasteiger partial charge on any atom is 0.229 e. The smallest absolute Gasteiger partial charge is 0.229 e. The number of halogens is 2. The Morgan fingerprint density at radius 3 is 2.49 bits per heavy atom. The normalized spacial score (nSPS) is 34.2. The summed E-state index contributed by atoms with van der Waals surface area (Å²) in [7, 11) is 0. The first-order valence-corrected chi connectivity index (χ1v) is 13.3. The number of benzene rings is 1. The molecule has 2 fully saturated rings. The number of rotatable bonds is 6. The van der Waals surface area contributed by atoms with Gasteiger partial charge >= 0.3 is 0 Å². The van der Waals surface area contributed by atoms with Crippen molar-refractivity contribution in [2.45, 2.75) is 63.3 Å². The molecular weight excluding hydrogens is 586 g/mol. The lowest BCUT2D eigenvalue weighted by Crippen LogP contribution is -2.60. The van der Waals surface area contributed by atoms with Gasteiger partial charge in [0.15, 0.2) is 5.78 Å². The number of hydrogen-bond acceptors (Lipinski definition) is 7. The molecule has 2 heterocycles. The second-order valence-electron chi connectivity index (χ2n) is 9.44. The quantitative estimate of drug-likeness (QED) is 0.370. The molecule has 10 heteroatoms. The van der Waals surface area contributed by atoms with E-state index in [1.807, 2.05) is 6.07 Å². The van der Waals surface area contributed by atoms with E-state index in [4.69, 9.17) is 14.2 Å². The van der Waals surface area contributed by atoms with Crippen molar-refractivity contribution in [2.75, 3.05) is 6.61 Å². The minimum Gasteiger partial charge on any atom is -0.491 e. The summed E-state index contributed by atoms with van der Waals surface area (Å²) in [5.41, 5.74) is 0.741. The van der Waals surface area contributed by atoms with Gasteiger partial charge in [0.25, 0.3) is 0 Å². The second-order valence-corrected chi connectivity index (χ2v) is 11.1. The van der Waals surface area contributed by atoms with E-state index < -0.39 is 36.5 Å². The Morgan fingerprint density at radius 1 is 1.14 bits per heavy atom. The number of aliphatic hydroxyl groups excluding tert-OH is 3. The van der Waals surface area contributed by atoms with Crippen LogP contribution in [0, 0.1) is 29.6 Å². The lowest BCUT2D eigenvalue weighted by Gasteiger charge is -2.39. The van der Waals surface area contributed by atoms with Crippen LogP contribution in [0.5, 0.6) is 11.5 Å². The highest BCUT2D eigenvalue weighted by Crippen LogP contribution is 2.53. The Kier molecular flexibility index (Phi) is 7.19. The van der Waals surface area contributed by atoms with Gasteiger partial charge in [-0.15, -0.1) is 11.8 Å². The van der Waals surface area contributed by atoms with E-state index in [-0.39, 0.29) is 0 Å². The summed E-state index contributed by atoms with van der Waals surface area (Å²) in [5, 5.41) is 31.3. The number of H-pyrrole nitrogens is 1. The molecule has 4 N–H and O–H groups in total. The summed E-state index contributed by atoms with van der Waals surface area (Å²) >= 11 is 7.25. The fourth-order valence-corrected chi connectivity index (χ4v) is 6.81. The number of carbonyl (C=O) groups is 1. The third-order valence-corrected chi connectivity index (χ3v) is 8.60. The summed E-state index contributed by atoms with van der Waals surface area (Å²) < 4.78 is 19.1. The minimum atomic E-state index is -1.59. The average Bonchev–Trinajstić information content (AvgIpc) is 3.26. The topological polar surface area (TPSA) is 121 Å². The molecule has 5 rings (SSSR count). The molecule has 2 aliphatic carbocycles. The lowest BCUT2D eigenvalue weighted by molar-refractivity contribution is -0.265. The first-order valence-electron chi connectivity index (χ1n) is 11.7. The fourth-order valence-electron chi connectivity index (χ4n) is 5.26. The SMILES string of the molecule is CC(=O)[C@H]1O[C@@H](Oc2c[nH]c3cc(Br)c(OCC4[C@H]5CCC#CCC[C@@H]45)c(Br)c23)[C@H](O)[C@@H](O)[C@@H]1O. The van der Waals surface area contributed by atoms with Crippen LogP contribution in [0.25, 0.3) is 10.9 Å². The number of aliphatic hydroxyl groups is 3. The molecule has 1 saturated heterocycles. The van der Waals surface area contributed by atoms with E-state index in [0.717, 1.165) is 35.7 Å². The molecule has 188 valence electrons. The van der Waals surface area contributed by atoms with Gasteiger partial charge in [-0.3, -0.25) is 4.79 Å². The summed E-state index contributed by atoms with van der Waals surface area (Å²) in [6.45, 7) is 1.85. The molecule has 1 aromatic heterocycles. The van der Waals surface area contributed by atoms with E-state index in [9.17, 15) is 20.1 Å². The molecule has 1 unspecified atom stereocenters. The minimum absolute atomic E-state index is 0.337. The second kappa shape index (κ2) is 10.0. The van der Waals surface area contributed by atoms with Crippen molar-refractivity contribution in [3.8, 4) is 23.3 Å². The van der Waals surface area contributed by atoms with Crippen LogP contribution < -0.4 is 9.47 Å². The maximum atomic E-state index is 11.8. The Bertz CT molecular complexity index is 1170. The first kappa shape index (κ1) is 25.1. The highest BCUT2D eigenvalue weighted by Gasteiger charge is 2.49. The number of ketones is 1. The molecule has 0 bridgehead atoms. The third kappa shape index (κ3) is 4.75. The maximum absolute atomic E-state index is 11.8. The van der Waals surface area contributed by atoms with Crippen molar-refractivity contribution in [1.29, 1.82) is 0 Å². The van der Waals surface area contributed by atoms with E-state index in [1.54, 1.807) is 6.20 Å². The van der Waals surface area contributed by atoms with Crippen LogP contribution in [-0.4, -0.2) is 63.4 Å². The zero-order chi connectivity index (χ0) is 24.9. The zero-order valence-corrected chi connectivity index (χ0v) is 22.2. The Morgan fingerprint density at radius 2 is 1.83 bits per heavy atom. The Labute approximate surface area is 219 Å². The fraction of sp³-hybridized carbons (Fsp3) is 0.560. The predicted molar refractivity (Wildman–Crippen MR) is 134 cm³/mol. The van der Waals surface area contributed by atoms with Gasteiger partial charge in [-0.25, -0.2) is 0 Å². The molecular formula is C25H27Br2NO7. The Balaban J connectivity index is 1.35. The summed E-state index contributed by atoms with van der Waals surface area (Å²) in [6, 6.07) is 1.88. The number of Topliss-reactive ketones (excluding diaryl/α,β-unsaturated/α-hetero) is 1. The van der Waals surface area contributed by atoms with E-state index in [1.165, 1.54) is 6.92 Å². The van der Waals surface area contributed by atoms with Crippen LogP contribution in [0.4, 0.5) is 0 Å². The van der Waals surface area contributed by atoms with Crippen molar-refractivity contribution in [1.82, 2.24) is 4.98 Å². The number of hydrogen-bond donors (Lipinski definition) is 4. The highest BCUT2D eigenvalue weighted by atomic mass is 79.9. The molecule has 8 nitrogen and oxygen atoms in total. The van der Waals surface area contributed by atoms with Crippen molar-refractivity contribution in [2.24, 2.45) is 17.8 Å². The van der Waals surface area contributed by atoms with Gasteiger partial charge in [0.05, 0.1) is 26.5 Å². The van der Waals surface area contributed by atoms with Gasteiger partial charge in [-0.05, 0) is 75.4 Å². The van der Waals surface area contributed by atoms with Crippen molar-refractivity contribution in [3.05, 3.63) is 21.2 Å². The molecule has 1 aromatic carbocycles. The van der Waals surface area contributed by atoms with E-state index >= 15 is 0 Å². The van der Waals surface area contributed by atoms with Crippen LogP contribution in [0.15, 0.2) is 21.2 Å². The molecule has 35 heavy (non-hydrogen) atoms. The molecule has 0 spiro atoms. The lowest BCUT2D eigenvalue weighted by atomic mass is 9.97. The van der Waals surface area contributed by atoms with Crippen LogP contribution in [0.1, 0.15) is 32.6 Å². The van der Waals surface area contributed by atoms with E-state index in [0.29, 0.717) is 45.7 Å². The van der Waals surface area contributed by atoms with Gasteiger partial charge in [0.1, 0.15) is 35.9 Å². The molecule has 0 amide bonds. The van der Waals surface area contributed by atoms with Crippen LogP contribution in [0.3, 0.4) is 0 Å². The monoisotopic (exact) mass is 611 g/mol. The number of carbonyl (C=O) groups excluding carboxylic acids is 1. The number of nitrogens with one attached hydrogen (secondary N) is 1. The predicted octanol–water partition coefficient (Wildman–Crippen LogP) is 3.29. The van der Waals surface area contributed by atoms with Crippen LogP contribution in [0.2, 0.25) is 0 Å². The summed E-state index contributed by atoms with van der Waals surface area (Å²) in [4.78, 5) is 15.0. The number of aromatic nitrogens is 1. The molecule has 2 aromatic rings. The van der Waals surface area contributed by atoms with Crippen molar-refractivity contribution < 1.29 is 34.3 Å². The van der Waals surface area contributed by atoms with Gasteiger partial charge < -0.3 is 34.5 Å². The number of fused-ring (bicyclic) bond motifs is 2. The van der Waals surface area contributed by atoms with E-state index in [2.05, 4.69) is 48.7 Å². The van der Waals surface area contributed by atoms with Crippen LogP contribution >= 0.6 is 31.9 Å². The van der Waals surface area contributed by atoms with Gasteiger partial charge in [0, 0.05) is 19.0 Å². The number of ether oxygens (including phenoxy) is 3. The van der Waals surface area contributed by atoms with Gasteiger partial charge in [0.2, 0.25) is 6.29 Å².